The van der Waals surface area contributed by atoms with Crippen LogP contribution >= 0.6 is 0 Å². The number of Topliss-reactive ketones (excluding diaryl/α,β-unsaturated/α-hetero) is 1. The Morgan fingerprint density at radius 1 is 1.29 bits per heavy atom. The molecule has 0 saturated heterocycles. The predicted octanol–water partition coefficient (Wildman–Crippen LogP) is 3.42. The molecular formula is C18H28O3. The minimum Gasteiger partial charge on any atom is -0.396 e. The molecule has 3 heteroatoms. The average Bonchev–Trinajstić information content (AvgIpc) is 2.53. The third-order valence-corrected chi connectivity index (χ3v) is 3.86. The van der Waals surface area contributed by atoms with Crippen molar-refractivity contribution in [1.29, 1.82) is 0 Å². The molecule has 1 atom stereocenters. The van der Waals surface area contributed by atoms with Gasteiger partial charge in [-0.15, -0.1) is 0 Å². The highest BCUT2D eigenvalue weighted by Gasteiger charge is 2.16. The lowest BCUT2D eigenvalue weighted by atomic mass is 9.91. The quantitative estimate of drug-likeness (QED) is 0.531. The van der Waals surface area contributed by atoms with E-state index in [0.717, 1.165) is 30.4 Å². The van der Waals surface area contributed by atoms with Crippen LogP contribution in [0.15, 0.2) is 18.2 Å². The number of aliphatic hydroxyl groups excluding tert-OH is 1. The van der Waals surface area contributed by atoms with Gasteiger partial charge in [0.1, 0.15) is 0 Å². The summed E-state index contributed by atoms with van der Waals surface area (Å²) in [6.45, 7) is 7.55. The highest BCUT2D eigenvalue weighted by molar-refractivity contribution is 5.99. The molecule has 0 spiro atoms. The van der Waals surface area contributed by atoms with Gasteiger partial charge in [0.15, 0.2) is 5.78 Å². The monoisotopic (exact) mass is 292 g/mol. The van der Waals surface area contributed by atoms with Crippen molar-refractivity contribution in [2.45, 2.75) is 46.5 Å². The van der Waals surface area contributed by atoms with Crippen LogP contribution in [0.3, 0.4) is 0 Å². The molecule has 1 unspecified atom stereocenters. The molecule has 0 aliphatic carbocycles. The third kappa shape index (κ3) is 5.60. The fraction of sp³-hybridized carbons (Fsp3) is 0.611. The van der Waals surface area contributed by atoms with Gasteiger partial charge in [0.25, 0.3) is 0 Å². The second-order valence-electron chi connectivity index (χ2n) is 5.46. The van der Waals surface area contributed by atoms with Crippen molar-refractivity contribution in [2.75, 3.05) is 19.8 Å². The highest BCUT2D eigenvalue weighted by Crippen LogP contribution is 2.19. The molecular weight excluding hydrogens is 264 g/mol. The minimum atomic E-state index is 0.0861. The van der Waals surface area contributed by atoms with Crippen molar-refractivity contribution in [2.24, 2.45) is 5.92 Å². The molecule has 0 aromatic heterocycles. The molecule has 118 valence electrons. The Labute approximate surface area is 128 Å². The second kappa shape index (κ2) is 9.69. The zero-order valence-corrected chi connectivity index (χ0v) is 13.5. The van der Waals surface area contributed by atoms with Gasteiger partial charge in [-0.25, -0.2) is 0 Å². The normalized spacial score (nSPS) is 12.4. The standard InChI is InChI=1S/C18H28O3/c1-4-14(3)18(20)17-8-7-15(13-16(17)5-2)9-12-21-11-6-10-19/h7-8,13-14,19H,4-6,9-12H2,1-3H3. The van der Waals surface area contributed by atoms with E-state index in [9.17, 15) is 4.79 Å². The minimum absolute atomic E-state index is 0.0861. The summed E-state index contributed by atoms with van der Waals surface area (Å²) < 4.78 is 5.46. The molecule has 0 amide bonds. The van der Waals surface area contributed by atoms with Crippen LogP contribution in [0.25, 0.3) is 0 Å². The summed E-state index contributed by atoms with van der Waals surface area (Å²) in [4.78, 5) is 12.4. The number of hydrogen-bond acceptors (Lipinski definition) is 3. The number of carbonyl (C=O) groups excluding carboxylic acids is 1. The molecule has 0 heterocycles. The van der Waals surface area contributed by atoms with Crippen LogP contribution in [0.4, 0.5) is 0 Å². The van der Waals surface area contributed by atoms with Crippen LogP contribution < -0.4 is 0 Å². The number of aryl methyl sites for hydroxylation is 1. The van der Waals surface area contributed by atoms with E-state index in [1.165, 1.54) is 5.56 Å². The first-order valence-corrected chi connectivity index (χ1v) is 7.98. The molecule has 1 N–H and O–H groups in total. The topological polar surface area (TPSA) is 46.5 Å². The van der Waals surface area contributed by atoms with Crippen LogP contribution in [0, 0.1) is 5.92 Å². The van der Waals surface area contributed by atoms with Crippen LogP contribution in [-0.2, 0) is 17.6 Å². The van der Waals surface area contributed by atoms with E-state index < -0.39 is 0 Å². The van der Waals surface area contributed by atoms with Gasteiger partial charge in [0, 0.05) is 24.7 Å². The van der Waals surface area contributed by atoms with E-state index in [-0.39, 0.29) is 18.3 Å². The lowest BCUT2D eigenvalue weighted by Gasteiger charge is -2.13. The van der Waals surface area contributed by atoms with E-state index in [1.54, 1.807) is 0 Å². The summed E-state index contributed by atoms with van der Waals surface area (Å²) >= 11 is 0. The maximum Gasteiger partial charge on any atom is 0.165 e. The number of carbonyl (C=O) groups is 1. The molecule has 0 fully saturated rings. The van der Waals surface area contributed by atoms with Crippen LogP contribution in [0.1, 0.15) is 55.1 Å². The fourth-order valence-electron chi connectivity index (χ4n) is 2.25. The summed E-state index contributed by atoms with van der Waals surface area (Å²) in [5, 5.41) is 8.69. The van der Waals surface area contributed by atoms with Crippen molar-refractivity contribution < 1.29 is 14.6 Å². The van der Waals surface area contributed by atoms with E-state index in [1.807, 2.05) is 26.0 Å². The van der Waals surface area contributed by atoms with Gasteiger partial charge >= 0.3 is 0 Å². The maximum absolute atomic E-state index is 12.4. The summed E-state index contributed by atoms with van der Waals surface area (Å²) in [5.74, 6) is 0.336. The number of aliphatic hydroxyl groups is 1. The molecule has 0 saturated carbocycles. The smallest absolute Gasteiger partial charge is 0.165 e. The first kappa shape index (κ1) is 17.9. The van der Waals surface area contributed by atoms with Gasteiger partial charge in [0.05, 0.1) is 6.61 Å². The summed E-state index contributed by atoms with van der Waals surface area (Å²) in [7, 11) is 0. The van der Waals surface area contributed by atoms with E-state index in [4.69, 9.17) is 9.84 Å². The second-order valence-corrected chi connectivity index (χ2v) is 5.46. The Morgan fingerprint density at radius 2 is 2.05 bits per heavy atom. The molecule has 21 heavy (non-hydrogen) atoms. The maximum atomic E-state index is 12.4. The van der Waals surface area contributed by atoms with E-state index >= 15 is 0 Å². The zero-order chi connectivity index (χ0) is 15.7. The molecule has 1 aromatic rings. The van der Waals surface area contributed by atoms with Crippen molar-refractivity contribution in [1.82, 2.24) is 0 Å². The molecule has 0 bridgehead atoms. The third-order valence-electron chi connectivity index (χ3n) is 3.86. The molecule has 0 aliphatic heterocycles. The largest absolute Gasteiger partial charge is 0.396 e. The molecule has 1 rings (SSSR count). The molecule has 0 aliphatic rings. The van der Waals surface area contributed by atoms with E-state index in [2.05, 4.69) is 13.0 Å². The van der Waals surface area contributed by atoms with Crippen molar-refractivity contribution in [3.8, 4) is 0 Å². The predicted molar refractivity (Wildman–Crippen MR) is 85.8 cm³/mol. The zero-order valence-electron chi connectivity index (χ0n) is 13.5. The van der Waals surface area contributed by atoms with Gasteiger partial charge in [-0.1, -0.05) is 39.0 Å². The Kier molecular flexibility index (Phi) is 8.24. The van der Waals surface area contributed by atoms with Gasteiger partial charge in [-0.05, 0) is 36.8 Å². The van der Waals surface area contributed by atoms with Gasteiger partial charge in [-0.2, -0.15) is 0 Å². The number of hydrogen-bond donors (Lipinski definition) is 1. The number of rotatable bonds is 10. The van der Waals surface area contributed by atoms with Crippen LogP contribution in [0.5, 0.6) is 0 Å². The highest BCUT2D eigenvalue weighted by atomic mass is 16.5. The fourth-order valence-corrected chi connectivity index (χ4v) is 2.25. The summed E-state index contributed by atoms with van der Waals surface area (Å²) in [5.41, 5.74) is 3.21. The van der Waals surface area contributed by atoms with Crippen molar-refractivity contribution in [3.63, 3.8) is 0 Å². The first-order chi connectivity index (χ1) is 10.1. The SMILES string of the molecule is CCc1cc(CCOCCCO)ccc1C(=O)C(C)CC. The van der Waals surface area contributed by atoms with Crippen molar-refractivity contribution in [3.05, 3.63) is 34.9 Å². The Balaban J connectivity index is 2.68. The number of benzene rings is 1. The summed E-state index contributed by atoms with van der Waals surface area (Å²) in [6.07, 6.45) is 3.28. The van der Waals surface area contributed by atoms with Gasteiger partial charge in [0.2, 0.25) is 0 Å². The van der Waals surface area contributed by atoms with Gasteiger partial charge in [-0.3, -0.25) is 4.79 Å². The Bertz CT molecular complexity index is 440. The molecule has 1 aromatic carbocycles. The van der Waals surface area contributed by atoms with Gasteiger partial charge < -0.3 is 9.84 Å². The molecule has 0 radical (unpaired) electrons. The Morgan fingerprint density at radius 3 is 2.67 bits per heavy atom. The average molecular weight is 292 g/mol. The lowest BCUT2D eigenvalue weighted by Crippen LogP contribution is -2.13. The molecule has 3 nitrogen and oxygen atoms in total. The van der Waals surface area contributed by atoms with Crippen LogP contribution in [0.2, 0.25) is 0 Å². The summed E-state index contributed by atoms with van der Waals surface area (Å²) in [6, 6.07) is 6.13. The van der Waals surface area contributed by atoms with Crippen molar-refractivity contribution >= 4 is 5.78 Å². The number of ketones is 1. The lowest BCUT2D eigenvalue weighted by molar-refractivity contribution is 0.0926. The Hall–Kier alpha value is -1.19. The number of ether oxygens (including phenoxy) is 1. The van der Waals surface area contributed by atoms with E-state index in [0.29, 0.717) is 19.6 Å². The van der Waals surface area contributed by atoms with Crippen LogP contribution in [-0.4, -0.2) is 30.7 Å². The first-order valence-electron chi connectivity index (χ1n) is 7.98.